The van der Waals surface area contributed by atoms with Crippen molar-refractivity contribution in [2.24, 2.45) is 5.73 Å². The van der Waals surface area contributed by atoms with E-state index in [1.165, 1.54) is 17.0 Å². The van der Waals surface area contributed by atoms with Crippen LogP contribution in [0.2, 0.25) is 0 Å². The molecule has 0 aromatic heterocycles. The minimum absolute atomic E-state index is 0.0631. The van der Waals surface area contributed by atoms with E-state index in [-0.39, 0.29) is 37.7 Å². The zero-order valence-electron chi connectivity index (χ0n) is 19.5. The molecule has 11 heteroatoms. The van der Waals surface area contributed by atoms with E-state index in [1.54, 1.807) is 16.7 Å². The van der Waals surface area contributed by atoms with Crippen LogP contribution in [0.5, 0.6) is 0 Å². The molecule has 1 saturated heterocycles. The summed E-state index contributed by atoms with van der Waals surface area (Å²) in [4.78, 5) is 29.0. The van der Waals surface area contributed by atoms with Gasteiger partial charge in [0, 0.05) is 38.3 Å². The van der Waals surface area contributed by atoms with Crippen LogP contribution in [0.25, 0.3) is 0 Å². The first kappa shape index (κ1) is 28.5. The number of carbonyl (C=O) groups excluding carboxylic acids is 2. The number of halogens is 1. The van der Waals surface area contributed by atoms with E-state index >= 15 is 0 Å². The van der Waals surface area contributed by atoms with Crippen molar-refractivity contribution in [2.75, 3.05) is 51.4 Å². The van der Waals surface area contributed by atoms with Gasteiger partial charge in [0.05, 0.1) is 12.6 Å². The van der Waals surface area contributed by atoms with Crippen LogP contribution < -0.4 is 5.73 Å². The number of amides is 2. The molecule has 1 heterocycles. The van der Waals surface area contributed by atoms with E-state index in [0.717, 1.165) is 17.9 Å². The smallest absolute Gasteiger partial charge is 0.254 e. The Morgan fingerprint density at radius 2 is 1.79 bits per heavy atom. The summed E-state index contributed by atoms with van der Waals surface area (Å²) in [7, 11) is 0. The maximum absolute atomic E-state index is 13.3. The summed E-state index contributed by atoms with van der Waals surface area (Å²) in [5.41, 5.74) is 6.30. The molecule has 2 rings (SSSR count). The molecule has 5 N–H and O–H groups in total. The van der Waals surface area contributed by atoms with Gasteiger partial charge < -0.3 is 35.6 Å². The third-order valence-corrected chi connectivity index (χ3v) is 6.38. The van der Waals surface area contributed by atoms with Gasteiger partial charge in [-0.05, 0) is 55.5 Å². The zero-order valence-corrected chi connectivity index (χ0v) is 20.3. The monoisotopic (exact) mass is 501 g/mol. The number of hydrogen-bond donors (Lipinski definition) is 4. The molecule has 1 aliphatic rings. The quantitative estimate of drug-likeness (QED) is 0.445. The van der Waals surface area contributed by atoms with Crippen LogP contribution in [-0.2, 0) is 9.53 Å². The third kappa shape index (κ3) is 8.79. The number of hydrogen-bond acceptors (Lipinski definition) is 8. The largest absolute Gasteiger partial charge is 0.388 e. The predicted molar refractivity (Wildman–Crippen MR) is 128 cm³/mol. The second-order valence-corrected chi connectivity index (χ2v) is 9.36. The van der Waals surface area contributed by atoms with Crippen molar-refractivity contribution < 1.29 is 34.0 Å². The molecule has 0 aliphatic carbocycles. The molecule has 0 spiro atoms. The Hall–Kier alpha value is -1.76. The third-order valence-electron chi connectivity index (χ3n) is 5.73. The maximum Gasteiger partial charge on any atom is 0.254 e. The molecule has 1 aromatic carbocycles. The van der Waals surface area contributed by atoms with Gasteiger partial charge in [0.1, 0.15) is 24.1 Å². The average molecular weight is 502 g/mol. The highest BCUT2D eigenvalue weighted by molar-refractivity contribution is 7.98. The highest BCUT2D eigenvalue weighted by Crippen LogP contribution is 2.12. The van der Waals surface area contributed by atoms with E-state index in [9.17, 15) is 29.3 Å². The Labute approximate surface area is 204 Å². The highest BCUT2D eigenvalue weighted by atomic mass is 32.2. The fourth-order valence-corrected chi connectivity index (χ4v) is 4.12. The van der Waals surface area contributed by atoms with Gasteiger partial charge in [-0.25, -0.2) is 4.39 Å². The molecule has 1 aliphatic heterocycles. The normalized spacial score (nSPS) is 24.4. The van der Waals surface area contributed by atoms with Gasteiger partial charge >= 0.3 is 0 Å². The lowest BCUT2D eigenvalue weighted by Crippen LogP contribution is -2.51. The Morgan fingerprint density at radius 1 is 1.12 bits per heavy atom. The van der Waals surface area contributed by atoms with E-state index in [1.807, 2.05) is 6.26 Å². The number of benzene rings is 1. The molecule has 34 heavy (non-hydrogen) atoms. The SMILES string of the molecule is CSCC[C@H](N)C(=O)N1CCCCOC[C@@H](O)[C@H](O)[C@@H](O)CN(C(=O)c2ccc(F)cc2)CC1. The molecular weight excluding hydrogens is 465 g/mol. The fraction of sp³-hybridized carbons (Fsp3) is 0.652. The number of aliphatic hydroxyl groups is 3. The second-order valence-electron chi connectivity index (χ2n) is 8.38. The van der Waals surface area contributed by atoms with Gasteiger partial charge in [-0.2, -0.15) is 11.8 Å². The number of nitrogens with zero attached hydrogens (tertiary/aromatic N) is 2. The van der Waals surface area contributed by atoms with Gasteiger partial charge in [-0.15, -0.1) is 0 Å². The standard InChI is InChI=1S/C23H36FN3O6S/c1-34-13-8-18(25)23(32)26-9-2-3-12-33-15-20(29)21(30)19(28)14-27(11-10-26)22(31)16-4-6-17(24)7-5-16/h4-7,18-21,28-30H,2-3,8-15,25H2,1H3/t18-,19-,20+,21+/m0/s1. The second kappa shape index (κ2) is 14.6. The van der Waals surface area contributed by atoms with Crippen molar-refractivity contribution in [3.8, 4) is 0 Å². The molecule has 0 radical (unpaired) electrons. The Bertz CT molecular complexity index is 772. The van der Waals surface area contributed by atoms with Crippen LogP contribution >= 0.6 is 11.8 Å². The summed E-state index contributed by atoms with van der Waals surface area (Å²) in [5.74, 6) is -0.460. The van der Waals surface area contributed by atoms with Crippen LogP contribution in [0, 0.1) is 5.82 Å². The van der Waals surface area contributed by atoms with E-state index < -0.39 is 36.1 Å². The number of thioether (sulfide) groups is 1. The Balaban J connectivity index is 2.24. The summed E-state index contributed by atoms with van der Waals surface area (Å²) in [5, 5.41) is 30.9. The number of aliphatic hydroxyl groups excluding tert-OH is 3. The molecule has 1 fully saturated rings. The van der Waals surface area contributed by atoms with Crippen molar-refractivity contribution >= 4 is 23.6 Å². The molecule has 1 aromatic rings. The van der Waals surface area contributed by atoms with E-state index in [0.29, 0.717) is 32.4 Å². The molecular formula is C23H36FN3O6S. The van der Waals surface area contributed by atoms with Gasteiger partial charge in [0.15, 0.2) is 0 Å². The minimum Gasteiger partial charge on any atom is -0.388 e. The number of β-amino-alcohol motifs (C(OH)–C–C–N with tert-alkyl or cyclic N) is 1. The Kier molecular flexibility index (Phi) is 12.2. The van der Waals surface area contributed by atoms with Gasteiger partial charge in [-0.1, -0.05) is 0 Å². The van der Waals surface area contributed by atoms with Crippen molar-refractivity contribution in [3.63, 3.8) is 0 Å². The van der Waals surface area contributed by atoms with Crippen molar-refractivity contribution in [2.45, 2.75) is 43.6 Å². The zero-order chi connectivity index (χ0) is 25.1. The first-order valence-electron chi connectivity index (χ1n) is 11.4. The summed E-state index contributed by atoms with van der Waals surface area (Å²) in [6.45, 7) is 0.511. The summed E-state index contributed by atoms with van der Waals surface area (Å²) in [6, 6.07) is 4.31. The van der Waals surface area contributed by atoms with E-state index in [4.69, 9.17) is 10.5 Å². The average Bonchev–Trinajstić information content (AvgIpc) is 2.83. The molecule has 0 bridgehead atoms. The first-order chi connectivity index (χ1) is 16.2. The van der Waals surface area contributed by atoms with Crippen molar-refractivity contribution in [1.82, 2.24) is 9.80 Å². The predicted octanol–water partition coefficient (Wildman–Crippen LogP) is 0.0700. The van der Waals surface area contributed by atoms with Crippen LogP contribution in [0.3, 0.4) is 0 Å². The molecule has 2 amide bonds. The van der Waals surface area contributed by atoms with Crippen LogP contribution in [0.4, 0.5) is 4.39 Å². The van der Waals surface area contributed by atoms with Crippen molar-refractivity contribution in [1.29, 1.82) is 0 Å². The summed E-state index contributed by atoms with van der Waals surface area (Å²) >= 11 is 1.60. The number of nitrogens with two attached hydrogens (primary N) is 1. The molecule has 4 atom stereocenters. The Morgan fingerprint density at radius 3 is 2.47 bits per heavy atom. The summed E-state index contributed by atoms with van der Waals surface area (Å²) in [6.07, 6.45) is -0.604. The van der Waals surface area contributed by atoms with Crippen molar-refractivity contribution in [3.05, 3.63) is 35.6 Å². The molecule has 9 nitrogen and oxygen atoms in total. The van der Waals surface area contributed by atoms with Crippen LogP contribution in [0.1, 0.15) is 29.6 Å². The minimum atomic E-state index is -1.54. The van der Waals surface area contributed by atoms with Crippen LogP contribution in [0.15, 0.2) is 24.3 Å². The summed E-state index contributed by atoms with van der Waals surface area (Å²) < 4.78 is 18.7. The highest BCUT2D eigenvalue weighted by Gasteiger charge is 2.30. The molecule has 192 valence electrons. The molecule has 0 saturated carbocycles. The van der Waals surface area contributed by atoms with Gasteiger partial charge in [0.25, 0.3) is 5.91 Å². The lowest BCUT2D eigenvalue weighted by molar-refractivity contribution is -0.133. The lowest BCUT2D eigenvalue weighted by atomic mass is 10.1. The topological polar surface area (TPSA) is 137 Å². The fourth-order valence-electron chi connectivity index (χ4n) is 3.63. The van der Waals surface area contributed by atoms with Crippen LogP contribution in [-0.4, -0.2) is 113 Å². The van der Waals surface area contributed by atoms with E-state index in [2.05, 4.69) is 0 Å². The number of rotatable bonds is 5. The molecule has 0 unspecified atom stereocenters. The first-order valence-corrected chi connectivity index (χ1v) is 12.8. The lowest BCUT2D eigenvalue weighted by Gasteiger charge is -2.33. The number of carbonyl (C=O) groups is 2. The van der Waals surface area contributed by atoms with Gasteiger partial charge in [-0.3, -0.25) is 9.59 Å². The number of ether oxygens (including phenoxy) is 1. The maximum atomic E-state index is 13.3. The van der Waals surface area contributed by atoms with Gasteiger partial charge in [0.2, 0.25) is 5.91 Å².